The molecule has 120 valence electrons. The van der Waals surface area contributed by atoms with Gasteiger partial charge in [-0.15, -0.1) is 11.3 Å². The molecule has 1 aromatic carbocycles. The standard InChI is InChI=1S/C16H16ClN3O2S/c1-20-7-6-10-12(8-20)23-16(13(10)14(18)21)19-15(22)9-4-2-3-5-11(9)17/h2-5H,6-8H2,1H3,(H2,18,21)(H,19,22). The maximum Gasteiger partial charge on any atom is 0.257 e. The van der Waals surface area contributed by atoms with Gasteiger partial charge in [0.15, 0.2) is 0 Å². The quantitative estimate of drug-likeness (QED) is 0.894. The molecule has 3 rings (SSSR count). The smallest absolute Gasteiger partial charge is 0.257 e. The summed E-state index contributed by atoms with van der Waals surface area (Å²) in [5.41, 5.74) is 7.29. The molecule has 23 heavy (non-hydrogen) atoms. The molecule has 0 aliphatic carbocycles. The summed E-state index contributed by atoms with van der Waals surface area (Å²) in [6.07, 6.45) is 0.753. The van der Waals surface area contributed by atoms with Crippen LogP contribution in [0, 0.1) is 0 Å². The number of hydrogen-bond donors (Lipinski definition) is 2. The van der Waals surface area contributed by atoms with E-state index in [-0.39, 0.29) is 5.91 Å². The average Bonchev–Trinajstić information content (AvgIpc) is 2.84. The van der Waals surface area contributed by atoms with Gasteiger partial charge in [0.2, 0.25) is 0 Å². The number of nitrogens with one attached hydrogen (secondary N) is 1. The van der Waals surface area contributed by atoms with Crippen molar-refractivity contribution in [1.29, 1.82) is 0 Å². The van der Waals surface area contributed by atoms with E-state index < -0.39 is 5.91 Å². The van der Waals surface area contributed by atoms with Crippen LogP contribution in [0.2, 0.25) is 5.02 Å². The number of anilines is 1. The molecule has 0 atom stereocenters. The first-order chi connectivity index (χ1) is 11.0. The summed E-state index contributed by atoms with van der Waals surface area (Å²) in [6, 6.07) is 6.79. The van der Waals surface area contributed by atoms with Gasteiger partial charge in [-0.25, -0.2) is 0 Å². The van der Waals surface area contributed by atoms with Gasteiger partial charge in [-0.1, -0.05) is 23.7 Å². The van der Waals surface area contributed by atoms with Crippen molar-refractivity contribution < 1.29 is 9.59 Å². The van der Waals surface area contributed by atoms with Crippen LogP contribution in [0.15, 0.2) is 24.3 Å². The lowest BCUT2D eigenvalue weighted by Crippen LogP contribution is -2.27. The lowest BCUT2D eigenvalue weighted by molar-refractivity contribution is 0.1000. The van der Waals surface area contributed by atoms with Crippen molar-refractivity contribution in [3.05, 3.63) is 50.9 Å². The van der Waals surface area contributed by atoms with Crippen molar-refractivity contribution >= 4 is 39.8 Å². The van der Waals surface area contributed by atoms with E-state index >= 15 is 0 Å². The highest BCUT2D eigenvalue weighted by Crippen LogP contribution is 2.37. The second-order valence-electron chi connectivity index (χ2n) is 5.49. The third kappa shape index (κ3) is 3.10. The Morgan fingerprint density at radius 2 is 2.09 bits per heavy atom. The Labute approximate surface area is 143 Å². The van der Waals surface area contributed by atoms with E-state index in [1.165, 1.54) is 11.3 Å². The van der Waals surface area contributed by atoms with E-state index in [4.69, 9.17) is 17.3 Å². The van der Waals surface area contributed by atoms with Crippen LogP contribution in [-0.2, 0) is 13.0 Å². The van der Waals surface area contributed by atoms with E-state index in [0.717, 1.165) is 30.0 Å². The van der Waals surface area contributed by atoms with Gasteiger partial charge >= 0.3 is 0 Å². The van der Waals surface area contributed by atoms with Crippen molar-refractivity contribution in [2.75, 3.05) is 18.9 Å². The first-order valence-corrected chi connectivity index (χ1v) is 8.35. The Bertz CT molecular complexity index is 788. The van der Waals surface area contributed by atoms with E-state index in [2.05, 4.69) is 10.2 Å². The van der Waals surface area contributed by atoms with Gasteiger partial charge in [0.1, 0.15) is 5.00 Å². The van der Waals surface area contributed by atoms with Crippen LogP contribution < -0.4 is 11.1 Å². The van der Waals surface area contributed by atoms with Crippen molar-refractivity contribution in [2.45, 2.75) is 13.0 Å². The van der Waals surface area contributed by atoms with Crippen molar-refractivity contribution in [3.8, 4) is 0 Å². The van der Waals surface area contributed by atoms with E-state index in [9.17, 15) is 9.59 Å². The number of carbonyl (C=O) groups excluding carboxylic acids is 2. The monoisotopic (exact) mass is 349 g/mol. The fourth-order valence-corrected chi connectivity index (χ4v) is 4.25. The van der Waals surface area contributed by atoms with E-state index in [0.29, 0.717) is 21.2 Å². The first kappa shape index (κ1) is 16.0. The van der Waals surface area contributed by atoms with Gasteiger partial charge in [0.05, 0.1) is 16.1 Å². The summed E-state index contributed by atoms with van der Waals surface area (Å²) in [5, 5.41) is 3.67. The number of likely N-dealkylation sites (N-methyl/N-ethyl adjacent to an activating group) is 1. The predicted octanol–water partition coefficient (Wildman–Crippen LogP) is 2.74. The number of primary amides is 1. The van der Waals surface area contributed by atoms with Crippen molar-refractivity contribution in [1.82, 2.24) is 4.90 Å². The molecule has 0 radical (unpaired) electrons. The van der Waals surface area contributed by atoms with Gasteiger partial charge in [-0.05, 0) is 31.2 Å². The highest BCUT2D eigenvalue weighted by molar-refractivity contribution is 7.17. The number of hydrogen-bond acceptors (Lipinski definition) is 4. The van der Waals surface area contributed by atoms with Crippen LogP contribution in [-0.4, -0.2) is 30.3 Å². The zero-order valence-corrected chi connectivity index (χ0v) is 14.1. The summed E-state index contributed by atoms with van der Waals surface area (Å²) in [4.78, 5) is 27.5. The maximum absolute atomic E-state index is 12.4. The van der Waals surface area contributed by atoms with Gasteiger partial charge in [0, 0.05) is 18.0 Å². The predicted molar refractivity (Wildman–Crippen MR) is 92.3 cm³/mol. The van der Waals surface area contributed by atoms with Gasteiger partial charge in [0.25, 0.3) is 11.8 Å². The Hall–Kier alpha value is -1.89. The summed E-state index contributed by atoms with van der Waals surface area (Å²) >= 11 is 7.46. The number of nitrogens with zero attached hydrogens (tertiary/aromatic N) is 1. The van der Waals surface area contributed by atoms with E-state index in [1.54, 1.807) is 24.3 Å². The van der Waals surface area contributed by atoms with Crippen LogP contribution in [0.5, 0.6) is 0 Å². The molecular weight excluding hydrogens is 334 g/mol. The van der Waals surface area contributed by atoms with Crippen LogP contribution in [0.1, 0.15) is 31.2 Å². The Morgan fingerprint density at radius 3 is 2.78 bits per heavy atom. The fourth-order valence-electron chi connectivity index (χ4n) is 2.70. The number of fused-ring (bicyclic) bond motifs is 1. The number of benzene rings is 1. The molecule has 7 heteroatoms. The van der Waals surface area contributed by atoms with Crippen LogP contribution in [0.3, 0.4) is 0 Å². The number of halogens is 1. The lowest BCUT2D eigenvalue weighted by atomic mass is 10.0. The third-order valence-corrected chi connectivity index (χ3v) is 5.30. The topological polar surface area (TPSA) is 75.4 Å². The molecule has 1 aromatic heterocycles. The Morgan fingerprint density at radius 1 is 1.35 bits per heavy atom. The molecule has 2 heterocycles. The second-order valence-corrected chi connectivity index (χ2v) is 7.01. The van der Waals surface area contributed by atoms with Gasteiger partial charge in [-0.2, -0.15) is 0 Å². The summed E-state index contributed by atoms with van der Waals surface area (Å²) in [5.74, 6) is -0.855. The lowest BCUT2D eigenvalue weighted by Gasteiger charge is -2.22. The highest BCUT2D eigenvalue weighted by Gasteiger charge is 2.27. The molecule has 0 spiro atoms. The fraction of sp³-hybridized carbons (Fsp3) is 0.250. The normalized spacial score (nSPS) is 14.3. The molecule has 0 saturated carbocycles. The summed E-state index contributed by atoms with van der Waals surface area (Å²) < 4.78 is 0. The minimum atomic E-state index is -0.512. The largest absolute Gasteiger partial charge is 0.365 e. The highest BCUT2D eigenvalue weighted by atomic mass is 35.5. The summed E-state index contributed by atoms with van der Waals surface area (Å²) in [6.45, 7) is 1.62. The van der Waals surface area contributed by atoms with Crippen molar-refractivity contribution in [2.24, 2.45) is 5.73 Å². The minimum Gasteiger partial charge on any atom is -0.365 e. The van der Waals surface area contributed by atoms with Gasteiger partial charge in [-0.3, -0.25) is 9.59 Å². The molecule has 5 nitrogen and oxygen atoms in total. The average molecular weight is 350 g/mol. The van der Waals surface area contributed by atoms with E-state index in [1.807, 2.05) is 7.05 Å². The maximum atomic E-state index is 12.4. The van der Waals surface area contributed by atoms with Crippen LogP contribution in [0.4, 0.5) is 5.00 Å². The SMILES string of the molecule is CN1CCc2c(sc(NC(=O)c3ccccc3Cl)c2C(N)=O)C1. The Balaban J connectivity index is 1.96. The number of thiophene rings is 1. The molecular formula is C16H16ClN3O2S. The zero-order valence-electron chi connectivity index (χ0n) is 12.6. The minimum absolute atomic E-state index is 0.343. The molecule has 1 aliphatic heterocycles. The number of nitrogens with two attached hydrogens (primary N) is 1. The molecule has 1 aliphatic rings. The number of carbonyl (C=O) groups is 2. The molecule has 0 fully saturated rings. The molecule has 0 bridgehead atoms. The number of rotatable bonds is 3. The molecule has 3 N–H and O–H groups in total. The molecule has 2 aromatic rings. The third-order valence-electron chi connectivity index (χ3n) is 3.84. The molecule has 0 unspecified atom stereocenters. The molecule has 2 amide bonds. The first-order valence-electron chi connectivity index (χ1n) is 7.16. The van der Waals surface area contributed by atoms with Crippen LogP contribution in [0.25, 0.3) is 0 Å². The second kappa shape index (κ2) is 6.31. The number of amides is 2. The summed E-state index contributed by atoms with van der Waals surface area (Å²) in [7, 11) is 2.02. The Kier molecular flexibility index (Phi) is 4.39. The molecule has 0 saturated heterocycles. The van der Waals surface area contributed by atoms with Crippen LogP contribution >= 0.6 is 22.9 Å². The van der Waals surface area contributed by atoms with Crippen molar-refractivity contribution in [3.63, 3.8) is 0 Å². The van der Waals surface area contributed by atoms with Gasteiger partial charge < -0.3 is 16.0 Å². The zero-order chi connectivity index (χ0) is 16.6.